The van der Waals surface area contributed by atoms with E-state index in [9.17, 15) is 0 Å². The fourth-order valence-corrected chi connectivity index (χ4v) is 4.21. The molecule has 3 rings (SSSR count). The van der Waals surface area contributed by atoms with Crippen LogP contribution in [0.4, 0.5) is 11.4 Å². The standard InChI is InChI=1S/C22H25NS/c1-6-8-15-10-11-18-19(13-15)24-20-14-16(9-7-2)12-17(21(20)23-18)22(3,4)5/h6-7,10-14,23H,1-2,8-9H2,3-5H3. The number of anilines is 2. The first-order valence-electron chi connectivity index (χ1n) is 8.39. The first-order chi connectivity index (χ1) is 11.4. The Bertz CT molecular complexity index is 796. The molecule has 0 unspecified atom stereocenters. The highest BCUT2D eigenvalue weighted by Gasteiger charge is 2.25. The van der Waals surface area contributed by atoms with Crippen molar-refractivity contribution in [1.29, 1.82) is 0 Å². The van der Waals surface area contributed by atoms with Gasteiger partial charge in [-0.1, -0.05) is 56.8 Å². The molecule has 0 bridgehead atoms. The molecule has 1 N–H and O–H groups in total. The molecule has 124 valence electrons. The van der Waals surface area contributed by atoms with Crippen molar-refractivity contribution in [2.75, 3.05) is 5.32 Å². The van der Waals surface area contributed by atoms with Crippen LogP contribution in [0.2, 0.25) is 0 Å². The second-order valence-electron chi connectivity index (χ2n) is 7.31. The number of allylic oxidation sites excluding steroid dienone is 2. The van der Waals surface area contributed by atoms with Crippen molar-refractivity contribution in [3.8, 4) is 0 Å². The van der Waals surface area contributed by atoms with Crippen LogP contribution >= 0.6 is 11.8 Å². The Balaban J connectivity index is 2.09. The fourth-order valence-electron chi connectivity index (χ4n) is 3.06. The van der Waals surface area contributed by atoms with Gasteiger partial charge in [-0.25, -0.2) is 0 Å². The van der Waals surface area contributed by atoms with Crippen LogP contribution in [0, 0.1) is 0 Å². The predicted molar refractivity (Wildman–Crippen MR) is 107 cm³/mol. The zero-order valence-electron chi connectivity index (χ0n) is 14.8. The zero-order chi connectivity index (χ0) is 17.3. The molecule has 1 nitrogen and oxygen atoms in total. The van der Waals surface area contributed by atoms with Crippen molar-refractivity contribution >= 4 is 23.1 Å². The van der Waals surface area contributed by atoms with Gasteiger partial charge in [0.2, 0.25) is 0 Å². The van der Waals surface area contributed by atoms with E-state index in [4.69, 9.17) is 0 Å². The molecule has 0 atom stereocenters. The van der Waals surface area contributed by atoms with E-state index in [1.165, 1.54) is 37.9 Å². The molecule has 0 saturated carbocycles. The molecule has 0 amide bonds. The largest absolute Gasteiger partial charge is 0.353 e. The van der Waals surface area contributed by atoms with E-state index in [-0.39, 0.29) is 5.41 Å². The first-order valence-corrected chi connectivity index (χ1v) is 9.21. The summed E-state index contributed by atoms with van der Waals surface area (Å²) in [4.78, 5) is 2.60. The Morgan fingerprint density at radius 3 is 2.29 bits per heavy atom. The number of hydrogen-bond donors (Lipinski definition) is 1. The van der Waals surface area contributed by atoms with Crippen molar-refractivity contribution in [1.82, 2.24) is 0 Å². The molecule has 1 aliphatic rings. The molecule has 2 aromatic carbocycles. The summed E-state index contributed by atoms with van der Waals surface area (Å²) in [7, 11) is 0. The molecule has 0 aliphatic carbocycles. The molecule has 0 saturated heterocycles. The maximum absolute atomic E-state index is 3.90. The van der Waals surface area contributed by atoms with E-state index in [0.717, 1.165) is 12.8 Å². The quantitative estimate of drug-likeness (QED) is 0.536. The molecule has 1 heterocycles. The third-order valence-electron chi connectivity index (χ3n) is 4.26. The van der Waals surface area contributed by atoms with E-state index >= 15 is 0 Å². The number of rotatable bonds is 4. The number of fused-ring (bicyclic) bond motifs is 2. The SMILES string of the molecule is C=CCc1ccc2c(c1)Sc1cc(CC=C)cc(C(C)(C)C)c1N2. The fraction of sp³-hybridized carbons (Fsp3) is 0.273. The summed E-state index contributed by atoms with van der Waals surface area (Å²) < 4.78 is 0. The summed E-state index contributed by atoms with van der Waals surface area (Å²) in [5.41, 5.74) is 6.54. The van der Waals surface area contributed by atoms with Gasteiger partial charge in [0.25, 0.3) is 0 Å². The van der Waals surface area contributed by atoms with E-state index in [1.54, 1.807) is 0 Å². The lowest BCUT2D eigenvalue weighted by atomic mass is 9.84. The zero-order valence-corrected chi connectivity index (χ0v) is 15.6. The minimum absolute atomic E-state index is 0.0924. The highest BCUT2D eigenvalue weighted by molar-refractivity contribution is 7.99. The van der Waals surface area contributed by atoms with Crippen LogP contribution in [0.1, 0.15) is 37.5 Å². The van der Waals surface area contributed by atoms with E-state index < -0.39 is 0 Å². The second kappa shape index (κ2) is 6.52. The molecule has 0 spiro atoms. The van der Waals surface area contributed by atoms with E-state index in [1.807, 2.05) is 23.9 Å². The molecule has 2 heteroatoms. The minimum atomic E-state index is 0.0924. The van der Waals surface area contributed by atoms with Crippen LogP contribution in [-0.2, 0) is 18.3 Å². The van der Waals surface area contributed by atoms with Gasteiger partial charge >= 0.3 is 0 Å². The maximum Gasteiger partial charge on any atom is 0.0564 e. The molecular formula is C22H25NS. The monoisotopic (exact) mass is 335 g/mol. The molecule has 2 aromatic rings. The highest BCUT2D eigenvalue weighted by atomic mass is 32.2. The van der Waals surface area contributed by atoms with Gasteiger partial charge in [0.1, 0.15) is 0 Å². The maximum atomic E-state index is 3.90. The van der Waals surface area contributed by atoms with Gasteiger partial charge in [0.05, 0.1) is 11.4 Å². The van der Waals surface area contributed by atoms with E-state index in [2.05, 4.69) is 69.6 Å². The van der Waals surface area contributed by atoms with Gasteiger partial charge in [-0.2, -0.15) is 0 Å². The Kier molecular flexibility index (Phi) is 4.60. The third-order valence-corrected chi connectivity index (χ3v) is 5.36. The van der Waals surface area contributed by atoms with E-state index in [0.29, 0.717) is 0 Å². The average molecular weight is 336 g/mol. The summed E-state index contributed by atoms with van der Waals surface area (Å²) >= 11 is 1.86. The smallest absolute Gasteiger partial charge is 0.0564 e. The highest BCUT2D eigenvalue weighted by Crippen LogP contribution is 2.48. The summed E-state index contributed by atoms with van der Waals surface area (Å²) in [6.45, 7) is 14.6. The Hall–Kier alpha value is -1.93. The summed E-state index contributed by atoms with van der Waals surface area (Å²) in [6.07, 6.45) is 5.74. The van der Waals surface area contributed by atoms with Gasteiger partial charge in [0, 0.05) is 9.79 Å². The van der Waals surface area contributed by atoms with Crippen LogP contribution < -0.4 is 5.32 Å². The van der Waals surface area contributed by atoms with Crippen molar-refractivity contribution in [2.45, 2.75) is 48.8 Å². The van der Waals surface area contributed by atoms with Crippen molar-refractivity contribution in [3.63, 3.8) is 0 Å². The van der Waals surface area contributed by atoms with Crippen LogP contribution in [0.5, 0.6) is 0 Å². The topological polar surface area (TPSA) is 12.0 Å². The van der Waals surface area contributed by atoms with Gasteiger partial charge < -0.3 is 5.32 Å². The molecule has 24 heavy (non-hydrogen) atoms. The van der Waals surface area contributed by atoms with Crippen LogP contribution in [0.3, 0.4) is 0 Å². The molecule has 0 radical (unpaired) electrons. The Morgan fingerprint density at radius 1 is 0.958 bits per heavy atom. The molecule has 0 aromatic heterocycles. The normalized spacial score (nSPS) is 12.8. The Labute approximate surface area is 149 Å². The van der Waals surface area contributed by atoms with Crippen molar-refractivity contribution in [3.05, 3.63) is 72.3 Å². The van der Waals surface area contributed by atoms with Gasteiger partial charge in [-0.3, -0.25) is 0 Å². The van der Waals surface area contributed by atoms with Crippen LogP contribution in [0.15, 0.2) is 65.4 Å². The number of benzene rings is 2. The molecular weight excluding hydrogens is 310 g/mol. The first kappa shape index (κ1) is 16.9. The lowest BCUT2D eigenvalue weighted by Crippen LogP contribution is -2.16. The van der Waals surface area contributed by atoms with Crippen molar-refractivity contribution < 1.29 is 0 Å². The Morgan fingerprint density at radius 2 is 1.62 bits per heavy atom. The van der Waals surface area contributed by atoms with Gasteiger partial charge in [0.15, 0.2) is 0 Å². The number of nitrogens with one attached hydrogen (secondary N) is 1. The van der Waals surface area contributed by atoms with Crippen LogP contribution in [0.25, 0.3) is 0 Å². The van der Waals surface area contributed by atoms with Gasteiger partial charge in [-0.05, 0) is 53.1 Å². The molecule has 0 fully saturated rings. The lowest BCUT2D eigenvalue weighted by Gasteiger charge is -2.30. The van der Waals surface area contributed by atoms with Gasteiger partial charge in [-0.15, -0.1) is 13.2 Å². The van der Waals surface area contributed by atoms with Crippen LogP contribution in [-0.4, -0.2) is 0 Å². The predicted octanol–water partition coefficient (Wildman–Crippen LogP) is 6.65. The minimum Gasteiger partial charge on any atom is -0.353 e. The van der Waals surface area contributed by atoms with Crippen molar-refractivity contribution in [2.24, 2.45) is 0 Å². The lowest BCUT2D eigenvalue weighted by molar-refractivity contribution is 0.590. The number of hydrogen-bond acceptors (Lipinski definition) is 2. The third kappa shape index (κ3) is 3.29. The molecule has 1 aliphatic heterocycles. The summed E-state index contributed by atoms with van der Waals surface area (Å²) in [5.74, 6) is 0. The summed E-state index contributed by atoms with van der Waals surface area (Å²) in [5, 5.41) is 3.68. The summed E-state index contributed by atoms with van der Waals surface area (Å²) in [6, 6.07) is 11.3. The average Bonchev–Trinajstić information content (AvgIpc) is 2.52. The second-order valence-corrected chi connectivity index (χ2v) is 8.39.